The second-order valence-corrected chi connectivity index (χ2v) is 5.75. The van der Waals surface area contributed by atoms with Crippen LogP contribution in [0.1, 0.15) is 46.1 Å². The average molecular weight is 286 g/mol. The summed E-state index contributed by atoms with van der Waals surface area (Å²) in [6.45, 7) is 6.10. The number of nitrogens with two attached hydrogens (primary N) is 1. The molecule has 0 aliphatic carbocycles. The van der Waals surface area contributed by atoms with Gasteiger partial charge in [0.1, 0.15) is 5.25 Å². The van der Waals surface area contributed by atoms with Crippen molar-refractivity contribution in [3.8, 4) is 0 Å². The van der Waals surface area contributed by atoms with Crippen molar-refractivity contribution in [2.75, 3.05) is 12.8 Å². The first-order valence-electron chi connectivity index (χ1n) is 6.46. The lowest BCUT2D eigenvalue weighted by atomic mass is 10.2. The first-order valence-corrected chi connectivity index (χ1v) is 7.34. The van der Waals surface area contributed by atoms with Gasteiger partial charge in [0.15, 0.2) is 5.16 Å². The predicted molar refractivity (Wildman–Crippen MR) is 76.0 cm³/mol. The summed E-state index contributed by atoms with van der Waals surface area (Å²) in [5.41, 5.74) is 5.79. The van der Waals surface area contributed by atoms with Crippen LogP contribution in [0.3, 0.4) is 0 Å². The van der Waals surface area contributed by atoms with E-state index in [9.17, 15) is 4.79 Å². The summed E-state index contributed by atoms with van der Waals surface area (Å²) >= 11 is 1.37. The second-order valence-electron chi connectivity index (χ2n) is 4.58. The number of methoxy groups -OCH3 is 1. The Morgan fingerprint density at radius 2 is 2.16 bits per heavy atom. The molecule has 0 fully saturated rings. The fourth-order valence-electron chi connectivity index (χ4n) is 1.73. The topological polar surface area (TPSA) is 83.0 Å². The molecule has 1 heterocycles. The number of anilines is 1. The number of ether oxygens (including phenoxy) is 1. The van der Waals surface area contributed by atoms with E-state index in [2.05, 4.69) is 17.1 Å². The summed E-state index contributed by atoms with van der Waals surface area (Å²) in [6.07, 6.45) is 2.77. The average Bonchev–Trinajstić information content (AvgIpc) is 2.74. The zero-order valence-corrected chi connectivity index (χ0v) is 12.7. The number of rotatable bonds is 7. The van der Waals surface area contributed by atoms with Crippen molar-refractivity contribution in [1.82, 2.24) is 14.8 Å². The molecule has 0 aliphatic heterocycles. The minimum Gasteiger partial charge on any atom is -0.468 e. The van der Waals surface area contributed by atoms with Crippen LogP contribution in [-0.2, 0) is 9.53 Å². The molecular formula is C12H22N4O2S. The van der Waals surface area contributed by atoms with Gasteiger partial charge in [-0.25, -0.2) is 0 Å². The highest BCUT2D eigenvalue weighted by atomic mass is 32.2. The fourth-order valence-corrected chi connectivity index (χ4v) is 2.96. The van der Waals surface area contributed by atoms with Crippen molar-refractivity contribution >= 4 is 23.7 Å². The van der Waals surface area contributed by atoms with Gasteiger partial charge in [-0.1, -0.05) is 31.5 Å². The van der Waals surface area contributed by atoms with Gasteiger partial charge in [-0.15, -0.1) is 10.2 Å². The molecule has 19 heavy (non-hydrogen) atoms. The van der Waals surface area contributed by atoms with E-state index in [4.69, 9.17) is 10.5 Å². The van der Waals surface area contributed by atoms with E-state index in [-0.39, 0.29) is 17.3 Å². The van der Waals surface area contributed by atoms with E-state index >= 15 is 0 Å². The van der Waals surface area contributed by atoms with Crippen LogP contribution in [0.4, 0.5) is 5.95 Å². The lowest BCUT2D eigenvalue weighted by Gasteiger charge is -2.16. The Bertz CT molecular complexity index is 420. The van der Waals surface area contributed by atoms with Crippen LogP contribution in [0.2, 0.25) is 0 Å². The molecule has 0 bridgehead atoms. The van der Waals surface area contributed by atoms with Crippen LogP contribution in [0.25, 0.3) is 0 Å². The Morgan fingerprint density at radius 3 is 2.68 bits per heavy atom. The van der Waals surface area contributed by atoms with Gasteiger partial charge in [0.25, 0.3) is 0 Å². The van der Waals surface area contributed by atoms with Gasteiger partial charge in [-0.3, -0.25) is 9.36 Å². The lowest BCUT2D eigenvalue weighted by molar-refractivity contribution is -0.140. The summed E-state index contributed by atoms with van der Waals surface area (Å²) in [7, 11) is 1.41. The predicted octanol–water partition coefficient (Wildman–Crippen LogP) is 2.27. The number of carbonyl (C=O) groups excluding carboxylic acids is 1. The minimum absolute atomic E-state index is 0.155. The molecule has 1 unspecified atom stereocenters. The standard InChI is InChI=1S/C12H22N4O2S/c1-5-6-7-9(10(17)18-4)19-12-15-14-11(13)16(12)8(2)3/h8-9H,5-7H2,1-4H3,(H2,13,14). The zero-order chi connectivity index (χ0) is 14.4. The molecule has 7 heteroatoms. The molecule has 0 aliphatic rings. The zero-order valence-electron chi connectivity index (χ0n) is 11.9. The number of unbranched alkanes of at least 4 members (excludes halogenated alkanes) is 1. The van der Waals surface area contributed by atoms with E-state index in [0.717, 1.165) is 19.3 Å². The van der Waals surface area contributed by atoms with Crippen molar-refractivity contribution in [1.29, 1.82) is 0 Å². The molecule has 108 valence electrons. The molecule has 0 radical (unpaired) electrons. The summed E-state index contributed by atoms with van der Waals surface area (Å²) < 4.78 is 6.67. The van der Waals surface area contributed by atoms with Gasteiger partial charge in [-0.2, -0.15) is 0 Å². The maximum Gasteiger partial charge on any atom is 0.319 e. The highest BCUT2D eigenvalue weighted by Gasteiger charge is 2.24. The Labute approximate surface area is 118 Å². The van der Waals surface area contributed by atoms with Crippen molar-refractivity contribution in [2.24, 2.45) is 0 Å². The van der Waals surface area contributed by atoms with E-state index < -0.39 is 0 Å². The summed E-state index contributed by atoms with van der Waals surface area (Å²) in [5.74, 6) is 0.145. The summed E-state index contributed by atoms with van der Waals surface area (Å²) in [6, 6.07) is 0.155. The highest BCUT2D eigenvalue weighted by molar-refractivity contribution is 8.00. The summed E-state index contributed by atoms with van der Waals surface area (Å²) in [4.78, 5) is 11.8. The van der Waals surface area contributed by atoms with E-state index in [0.29, 0.717) is 11.1 Å². The largest absolute Gasteiger partial charge is 0.468 e. The third kappa shape index (κ3) is 4.12. The van der Waals surface area contributed by atoms with Gasteiger partial charge < -0.3 is 10.5 Å². The van der Waals surface area contributed by atoms with Gasteiger partial charge in [0.2, 0.25) is 5.95 Å². The first kappa shape index (κ1) is 15.8. The first-order chi connectivity index (χ1) is 9.01. The molecule has 1 aromatic rings. The molecule has 0 aromatic carbocycles. The van der Waals surface area contributed by atoms with E-state index in [1.807, 2.05) is 18.4 Å². The number of hydrogen-bond donors (Lipinski definition) is 1. The smallest absolute Gasteiger partial charge is 0.319 e. The minimum atomic E-state index is -0.258. The molecular weight excluding hydrogens is 264 g/mol. The van der Waals surface area contributed by atoms with Crippen LogP contribution in [-0.4, -0.2) is 33.1 Å². The van der Waals surface area contributed by atoms with E-state index in [1.54, 1.807) is 0 Å². The Kier molecular flexibility index (Phi) is 6.14. The van der Waals surface area contributed by atoms with Crippen LogP contribution >= 0.6 is 11.8 Å². The van der Waals surface area contributed by atoms with Gasteiger partial charge in [-0.05, 0) is 20.3 Å². The Morgan fingerprint density at radius 1 is 1.47 bits per heavy atom. The molecule has 1 aromatic heterocycles. The second kappa shape index (κ2) is 7.37. The maximum absolute atomic E-state index is 11.8. The number of aromatic nitrogens is 3. The monoisotopic (exact) mass is 286 g/mol. The normalized spacial score (nSPS) is 12.7. The molecule has 1 atom stereocenters. The van der Waals surface area contributed by atoms with Crippen molar-refractivity contribution in [3.63, 3.8) is 0 Å². The Hall–Kier alpha value is -1.24. The molecule has 0 saturated heterocycles. The van der Waals surface area contributed by atoms with Crippen molar-refractivity contribution in [2.45, 2.75) is 56.5 Å². The number of carbonyl (C=O) groups is 1. The third-order valence-corrected chi connectivity index (χ3v) is 3.94. The van der Waals surface area contributed by atoms with Crippen molar-refractivity contribution in [3.05, 3.63) is 0 Å². The number of esters is 1. The maximum atomic E-state index is 11.8. The van der Waals surface area contributed by atoms with Gasteiger partial charge >= 0.3 is 5.97 Å². The quantitative estimate of drug-likeness (QED) is 0.611. The number of hydrogen-bond acceptors (Lipinski definition) is 6. The molecule has 0 spiro atoms. The molecule has 0 amide bonds. The van der Waals surface area contributed by atoms with Gasteiger partial charge in [0.05, 0.1) is 7.11 Å². The third-order valence-electron chi connectivity index (χ3n) is 2.74. The van der Waals surface area contributed by atoms with Crippen LogP contribution in [0, 0.1) is 0 Å². The van der Waals surface area contributed by atoms with Crippen LogP contribution < -0.4 is 5.73 Å². The fraction of sp³-hybridized carbons (Fsp3) is 0.750. The molecule has 1 rings (SSSR count). The van der Waals surface area contributed by atoms with Crippen molar-refractivity contribution < 1.29 is 9.53 Å². The van der Waals surface area contributed by atoms with Crippen LogP contribution in [0.5, 0.6) is 0 Å². The van der Waals surface area contributed by atoms with Gasteiger partial charge in [0, 0.05) is 6.04 Å². The summed E-state index contributed by atoms with van der Waals surface area (Å²) in [5, 5.41) is 8.33. The number of nitrogens with zero attached hydrogens (tertiary/aromatic N) is 3. The Balaban J connectivity index is 2.86. The SMILES string of the molecule is CCCCC(Sc1nnc(N)n1C(C)C)C(=O)OC. The molecule has 2 N–H and O–H groups in total. The van der Waals surface area contributed by atoms with E-state index in [1.165, 1.54) is 18.9 Å². The lowest BCUT2D eigenvalue weighted by Crippen LogP contribution is -2.20. The number of nitrogen functional groups attached to an aromatic ring is 1. The molecule has 0 saturated carbocycles. The van der Waals surface area contributed by atoms with Crippen LogP contribution in [0.15, 0.2) is 5.16 Å². The highest BCUT2D eigenvalue weighted by Crippen LogP contribution is 2.29. The molecule has 6 nitrogen and oxygen atoms in total. The number of thioether (sulfide) groups is 1.